The molecule has 0 spiro atoms. The lowest BCUT2D eigenvalue weighted by Gasteiger charge is -2.38. The average Bonchev–Trinajstić information content (AvgIpc) is 2.51. The first kappa shape index (κ1) is 14.1. The number of anilines is 3. The number of piperazine rings is 1. The van der Waals surface area contributed by atoms with Crippen molar-refractivity contribution in [1.82, 2.24) is 0 Å². The summed E-state index contributed by atoms with van der Waals surface area (Å²) in [6.45, 7) is 6.13. The Kier molecular flexibility index (Phi) is 3.93. The monoisotopic (exact) mass is 301 g/mol. The molecular weight excluding hydrogens is 282 g/mol. The molecule has 2 N–H and O–H groups in total. The van der Waals surface area contributed by atoms with Crippen LogP contribution in [0.15, 0.2) is 42.5 Å². The van der Waals surface area contributed by atoms with Gasteiger partial charge in [-0.15, -0.1) is 0 Å². The molecule has 2 aromatic carbocycles. The summed E-state index contributed by atoms with van der Waals surface area (Å²) in [5.41, 5.74) is 10.6. The van der Waals surface area contributed by atoms with Gasteiger partial charge in [0.1, 0.15) is 0 Å². The Balaban J connectivity index is 1.70. The maximum atomic E-state index is 6.01. The van der Waals surface area contributed by atoms with E-state index >= 15 is 0 Å². The molecule has 1 aliphatic rings. The van der Waals surface area contributed by atoms with Gasteiger partial charge < -0.3 is 15.5 Å². The van der Waals surface area contributed by atoms with Crippen molar-refractivity contribution in [2.75, 3.05) is 41.7 Å². The van der Waals surface area contributed by atoms with E-state index in [0.717, 1.165) is 36.9 Å². The van der Waals surface area contributed by atoms with Gasteiger partial charge >= 0.3 is 0 Å². The molecule has 3 nitrogen and oxygen atoms in total. The Labute approximate surface area is 130 Å². The minimum Gasteiger partial charge on any atom is -0.398 e. The second-order valence-corrected chi connectivity index (χ2v) is 5.88. The molecule has 0 amide bonds. The molecule has 2 aromatic rings. The van der Waals surface area contributed by atoms with Gasteiger partial charge in [-0.1, -0.05) is 17.7 Å². The van der Waals surface area contributed by atoms with Gasteiger partial charge in [-0.3, -0.25) is 0 Å². The van der Waals surface area contributed by atoms with E-state index in [0.29, 0.717) is 0 Å². The fourth-order valence-corrected chi connectivity index (χ4v) is 2.97. The lowest BCUT2D eigenvalue weighted by atomic mass is 10.1. The highest BCUT2D eigenvalue weighted by Crippen LogP contribution is 2.27. The summed E-state index contributed by atoms with van der Waals surface area (Å²) < 4.78 is 0. The largest absolute Gasteiger partial charge is 0.398 e. The zero-order valence-corrected chi connectivity index (χ0v) is 13.0. The third kappa shape index (κ3) is 2.93. The van der Waals surface area contributed by atoms with Crippen molar-refractivity contribution in [1.29, 1.82) is 0 Å². The summed E-state index contributed by atoms with van der Waals surface area (Å²) in [6.07, 6.45) is 0. The van der Waals surface area contributed by atoms with Crippen LogP contribution < -0.4 is 15.5 Å². The molecule has 0 bridgehead atoms. The van der Waals surface area contributed by atoms with Gasteiger partial charge in [0.15, 0.2) is 0 Å². The lowest BCUT2D eigenvalue weighted by molar-refractivity contribution is 0.652. The number of halogens is 1. The maximum absolute atomic E-state index is 6.01. The Morgan fingerprint density at radius 1 is 0.905 bits per heavy atom. The number of hydrogen-bond acceptors (Lipinski definition) is 3. The normalized spacial score (nSPS) is 15.3. The standard InChI is InChI=1S/C17H20ClN3/c1-13-16(19)3-2-4-17(13)21-11-9-20(10-12-21)15-7-5-14(18)6-8-15/h2-8H,9-12,19H2,1H3. The molecule has 0 radical (unpaired) electrons. The van der Waals surface area contributed by atoms with E-state index in [2.05, 4.69) is 34.9 Å². The molecule has 4 heteroatoms. The van der Waals surface area contributed by atoms with Crippen LogP contribution in [0, 0.1) is 6.92 Å². The van der Waals surface area contributed by atoms with Crippen molar-refractivity contribution in [3.8, 4) is 0 Å². The summed E-state index contributed by atoms with van der Waals surface area (Å²) in [7, 11) is 0. The van der Waals surface area contributed by atoms with Gasteiger partial charge in [0, 0.05) is 48.3 Å². The second-order valence-electron chi connectivity index (χ2n) is 5.44. The minimum absolute atomic E-state index is 0.785. The highest BCUT2D eigenvalue weighted by atomic mass is 35.5. The zero-order valence-electron chi connectivity index (χ0n) is 12.2. The molecule has 1 heterocycles. The van der Waals surface area contributed by atoms with Crippen molar-refractivity contribution in [3.05, 3.63) is 53.1 Å². The van der Waals surface area contributed by atoms with Crippen molar-refractivity contribution in [2.24, 2.45) is 0 Å². The Bertz CT molecular complexity index is 616. The third-order valence-corrected chi connectivity index (χ3v) is 4.41. The van der Waals surface area contributed by atoms with Crippen LogP contribution >= 0.6 is 11.6 Å². The van der Waals surface area contributed by atoms with Crippen molar-refractivity contribution in [2.45, 2.75) is 6.92 Å². The second kappa shape index (κ2) is 5.86. The zero-order chi connectivity index (χ0) is 14.8. The van der Waals surface area contributed by atoms with Crippen LogP contribution in [0.5, 0.6) is 0 Å². The first-order valence-corrected chi connectivity index (χ1v) is 7.63. The summed E-state index contributed by atoms with van der Waals surface area (Å²) in [5.74, 6) is 0. The van der Waals surface area contributed by atoms with Gasteiger partial charge in [0.25, 0.3) is 0 Å². The molecule has 0 aliphatic carbocycles. The van der Waals surface area contributed by atoms with Crippen LogP contribution in [0.3, 0.4) is 0 Å². The molecule has 1 fully saturated rings. The highest BCUT2D eigenvalue weighted by Gasteiger charge is 2.19. The van der Waals surface area contributed by atoms with E-state index in [1.165, 1.54) is 16.9 Å². The fourth-order valence-electron chi connectivity index (χ4n) is 2.84. The summed E-state index contributed by atoms with van der Waals surface area (Å²) in [4.78, 5) is 4.81. The van der Waals surface area contributed by atoms with Gasteiger partial charge in [-0.2, -0.15) is 0 Å². The predicted molar refractivity (Wildman–Crippen MR) is 91.5 cm³/mol. The topological polar surface area (TPSA) is 32.5 Å². The predicted octanol–water partition coefficient (Wildman–Crippen LogP) is 3.56. The van der Waals surface area contributed by atoms with E-state index in [4.69, 9.17) is 17.3 Å². The minimum atomic E-state index is 0.785. The summed E-state index contributed by atoms with van der Waals surface area (Å²) in [6, 6.07) is 14.2. The summed E-state index contributed by atoms with van der Waals surface area (Å²) in [5, 5.41) is 0.785. The van der Waals surface area contributed by atoms with E-state index in [-0.39, 0.29) is 0 Å². The number of rotatable bonds is 2. The van der Waals surface area contributed by atoms with Gasteiger partial charge in [0.05, 0.1) is 0 Å². The van der Waals surface area contributed by atoms with E-state index in [9.17, 15) is 0 Å². The first-order valence-electron chi connectivity index (χ1n) is 7.26. The van der Waals surface area contributed by atoms with Crippen LogP contribution in [0.4, 0.5) is 17.1 Å². The molecule has 21 heavy (non-hydrogen) atoms. The summed E-state index contributed by atoms with van der Waals surface area (Å²) >= 11 is 5.95. The average molecular weight is 302 g/mol. The number of nitrogens with zero attached hydrogens (tertiary/aromatic N) is 2. The van der Waals surface area contributed by atoms with Gasteiger partial charge in [0.2, 0.25) is 0 Å². The van der Waals surface area contributed by atoms with Gasteiger partial charge in [-0.05, 0) is 48.9 Å². The Hall–Kier alpha value is -1.87. The molecule has 0 unspecified atom stereocenters. The number of nitrogens with two attached hydrogens (primary N) is 1. The number of hydrogen-bond donors (Lipinski definition) is 1. The molecule has 1 saturated heterocycles. The smallest absolute Gasteiger partial charge is 0.0417 e. The Morgan fingerprint density at radius 2 is 1.52 bits per heavy atom. The fraction of sp³-hybridized carbons (Fsp3) is 0.294. The molecule has 3 rings (SSSR count). The number of nitrogen functional groups attached to an aromatic ring is 1. The van der Waals surface area contributed by atoms with E-state index < -0.39 is 0 Å². The van der Waals surface area contributed by atoms with Crippen molar-refractivity contribution >= 4 is 28.7 Å². The van der Waals surface area contributed by atoms with Crippen molar-refractivity contribution in [3.63, 3.8) is 0 Å². The van der Waals surface area contributed by atoms with Crippen LogP contribution in [0.2, 0.25) is 5.02 Å². The first-order chi connectivity index (χ1) is 10.1. The van der Waals surface area contributed by atoms with E-state index in [1.807, 2.05) is 24.3 Å². The molecule has 0 aromatic heterocycles. The number of benzene rings is 2. The molecule has 0 saturated carbocycles. The lowest BCUT2D eigenvalue weighted by Crippen LogP contribution is -2.46. The van der Waals surface area contributed by atoms with Crippen LogP contribution in [0.1, 0.15) is 5.56 Å². The maximum Gasteiger partial charge on any atom is 0.0417 e. The van der Waals surface area contributed by atoms with Gasteiger partial charge in [-0.25, -0.2) is 0 Å². The van der Waals surface area contributed by atoms with E-state index in [1.54, 1.807) is 0 Å². The van der Waals surface area contributed by atoms with Crippen LogP contribution in [0.25, 0.3) is 0 Å². The third-order valence-electron chi connectivity index (χ3n) is 4.16. The molecule has 110 valence electrons. The molecule has 1 aliphatic heterocycles. The van der Waals surface area contributed by atoms with Crippen LogP contribution in [-0.2, 0) is 0 Å². The molecular formula is C17H20ClN3. The van der Waals surface area contributed by atoms with Crippen molar-refractivity contribution < 1.29 is 0 Å². The molecule has 0 atom stereocenters. The van der Waals surface area contributed by atoms with Crippen LogP contribution in [-0.4, -0.2) is 26.2 Å². The SMILES string of the molecule is Cc1c(N)cccc1N1CCN(c2ccc(Cl)cc2)CC1. The quantitative estimate of drug-likeness (QED) is 0.861. The Morgan fingerprint density at radius 3 is 2.19 bits per heavy atom. The highest BCUT2D eigenvalue weighted by molar-refractivity contribution is 6.30.